The van der Waals surface area contributed by atoms with E-state index in [0.717, 1.165) is 0 Å². The van der Waals surface area contributed by atoms with Crippen molar-refractivity contribution in [1.82, 2.24) is 10.6 Å². The third kappa shape index (κ3) is 3.63. The van der Waals surface area contributed by atoms with Crippen LogP contribution in [0.1, 0.15) is 6.42 Å². The summed E-state index contributed by atoms with van der Waals surface area (Å²) < 4.78 is 34.9. The number of amides is 1. The number of hydrogen-bond donors (Lipinski definition) is 2. The van der Waals surface area contributed by atoms with E-state index in [-0.39, 0.29) is 18.4 Å². The van der Waals surface area contributed by atoms with Gasteiger partial charge in [-0.1, -0.05) is 0 Å². The van der Waals surface area contributed by atoms with Crippen molar-refractivity contribution in [1.29, 1.82) is 0 Å². The van der Waals surface area contributed by atoms with Gasteiger partial charge in [-0.3, -0.25) is 4.79 Å². The first-order valence-corrected chi connectivity index (χ1v) is 4.04. The van der Waals surface area contributed by atoms with E-state index in [4.69, 9.17) is 0 Å². The number of carbonyl (C=O) groups excluding carboxylic acids is 1. The second-order valence-corrected chi connectivity index (χ2v) is 3.01. The van der Waals surface area contributed by atoms with Gasteiger partial charge in [0.25, 0.3) is 0 Å². The van der Waals surface area contributed by atoms with Gasteiger partial charge in [0.15, 0.2) is 0 Å². The van der Waals surface area contributed by atoms with Crippen molar-refractivity contribution in [2.75, 3.05) is 19.6 Å². The summed E-state index contributed by atoms with van der Waals surface area (Å²) in [6.07, 6.45) is -5.15. The molecule has 0 spiro atoms. The molecular weight excluding hydrogens is 185 g/mol. The molecular formula is C7H11F3N2O. The van der Waals surface area contributed by atoms with Crippen LogP contribution in [0.4, 0.5) is 13.2 Å². The molecule has 0 radical (unpaired) electrons. The summed E-state index contributed by atoms with van der Waals surface area (Å²) in [5.41, 5.74) is 0. The lowest BCUT2D eigenvalue weighted by Gasteiger charge is -2.25. The average Bonchev–Trinajstić information content (AvgIpc) is 1.79. The molecule has 0 aliphatic carbocycles. The van der Waals surface area contributed by atoms with Crippen LogP contribution >= 0.6 is 0 Å². The molecule has 1 rings (SSSR count). The number of rotatable bonds is 3. The third-order valence-corrected chi connectivity index (χ3v) is 1.86. The topological polar surface area (TPSA) is 41.1 Å². The Morgan fingerprint density at radius 1 is 1.46 bits per heavy atom. The van der Waals surface area contributed by atoms with Crippen molar-refractivity contribution < 1.29 is 18.0 Å². The SMILES string of the molecule is O=C(NCCC(F)(F)F)C1CNC1. The fraction of sp³-hybridized carbons (Fsp3) is 0.857. The second-order valence-electron chi connectivity index (χ2n) is 3.01. The molecule has 1 fully saturated rings. The monoisotopic (exact) mass is 196 g/mol. The quantitative estimate of drug-likeness (QED) is 0.680. The Morgan fingerprint density at radius 3 is 2.46 bits per heavy atom. The molecule has 0 aromatic rings. The van der Waals surface area contributed by atoms with Crippen LogP contribution in [0.5, 0.6) is 0 Å². The lowest BCUT2D eigenvalue weighted by Crippen LogP contribution is -2.51. The molecule has 76 valence electrons. The van der Waals surface area contributed by atoms with E-state index in [0.29, 0.717) is 13.1 Å². The molecule has 13 heavy (non-hydrogen) atoms. The van der Waals surface area contributed by atoms with Crippen LogP contribution in [-0.4, -0.2) is 31.7 Å². The number of halogens is 3. The maximum Gasteiger partial charge on any atom is 0.390 e. The first-order chi connectivity index (χ1) is 5.99. The number of alkyl halides is 3. The molecule has 1 aliphatic heterocycles. The second kappa shape index (κ2) is 3.95. The van der Waals surface area contributed by atoms with Crippen LogP contribution in [0.15, 0.2) is 0 Å². The summed E-state index contributed by atoms with van der Waals surface area (Å²) in [5, 5.41) is 5.11. The highest BCUT2D eigenvalue weighted by atomic mass is 19.4. The molecule has 1 aliphatic rings. The lowest BCUT2D eigenvalue weighted by atomic mass is 10.0. The van der Waals surface area contributed by atoms with Gasteiger partial charge in [0.05, 0.1) is 12.3 Å². The molecule has 1 heterocycles. The Balaban J connectivity index is 2.08. The summed E-state index contributed by atoms with van der Waals surface area (Å²) in [5.74, 6) is -0.434. The van der Waals surface area contributed by atoms with Crippen LogP contribution in [0.25, 0.3) is 0 Å². The third-order valence-electron chi connectivity index (χ3n) is 1.86. The number of nitrogens with one attached hydrogen (secondary N) is 2. The minimum Gasteiger partial charge on any atom is -0.355 e. The Hall–Kier alpha value is -0.780. The molecule has 1 saturated heterocycles. The van der Waals surface area contributed by atoms with Gasteiger partial charge < -0.3 is 10.6 Å². The predicted molar refractivity (Wildman–Crippen MR) is 40.0 cm³/mol. The molecule has 2 N–H and O–H groups in total. The average molecular weight is 196 g/mol. The van der Waals surface area contributed by atoms with Crippen molar-refractivity contribution in [3.63, 3.8) is 0 Å². The minimum absolute atomic E-state index is 0.145. The summed E-state index contributed by atoms with van der Waals surface area (Å²) in [6, 6.07) is 0. The molecule has 0 aromatic carbocycles. The zero-order valence-corrected chi connectivity index (χ0v) is 6.95. The van der Waals surface area contributed by atoms with Crippen molar-refractivity contribution in [2.45, 2.75) is 12.6 Å². The number of hydrogen-bond acceptors (Lipinski definition) is 2. The van der Waals surface area contributed by atoms with Gasteiger partial charge in [0.2, 0.25) is 5.91 Å². The standard InChI is InChI=1S/C7H11F3N2O/c8-7(9,10)1-2-12-6(13)5-3-11-4-5/h5,11H,1-4H2,(H,12,13). The van der Waals surface area contributed by atoms with Gasteiger partial charge in [-0.05, 0) is 0 Å². The van der Waals surface area contributed by atoms with Crippen molar-refractivity contribution in [2.24, 2.45) is 5.92 Å². The van der Waals surface area contributed by atoms with E-state index in [1.807, 2.05) is 0 Å². The van der Waals surface area contributed by atoms with Gasteiger partial charge in [-0.15, -0.1) is 0 Å². The van der Waals surface area contributed by atoms with Crippen LogP contribution in [0.2, 0.25) is 0 Å². The van der Waals surface area contributed by atoms with Gasteiger partial charge in [-0.2, -0.15) is 13.2 Å². The largest absolute Gasteiger partial charge is 0.390 e. The maximum absolute atomic E-state index is 11.6. The zero-order valence-electron chi connectivity index (χ0n) is 6.95. The van der Waals surface area contributed by atoms with E-state index in [2.05, 4.69) is 10.6 Å². The minimum atomic E-state index is -4.19. The van der Waals surface area contributed by atoms with E-state index >= 15 is 0 Å². The molecule has 0 aromatic heterocycles. The van der Waals surface area contributed by atoms with E-state index in [1.54, 1.807) is 0 Å². The Bertz CT molecular complexity index is 189. The van der Waals surface area contributed by atoms with Crippen LogP contribution < -0.4 is 10.6 Å². The van der Waals surface area contributed by atoms with Crippen LogP contribution in [0, 0.1) is 5.92 Å². The van der Waals surface area contributed by atoms with Gasteiger partial charge in [-0.25, -0.2) is 0 Å². The molecule has 0 atom stereocenters. The van der Waals surface area contributed by atoms with Crippen molar-refractivity contribution in [3.8, 4) is 0 Å². The summed E-state index contributed by atoms with van der Waals surface area (Å²) in [4.78, 5) is 11.0. The van der Waals surface area contributed by atoms with Crippen LogP contribution in [-0.2, 0) is 4.79 Å². The Kier molecular flexibility index (Phi) is 3.13. The van der Waals surface area contributed by atoms with Gasteiger partial charge in [0, 0.05) is 19.6 Å². The Labute approximate surface area is 73.7 Å². The van der Waals surface area contributed by atoms with E-state index in [9.17, 15) is 18.0 Å². The lowest BCUT2D eigenvalue weighted by molar-refractivity contribution is -0.137. The summed E-state index contributed by atoms with van der Waals surface area (Å²) >= 11 is 0. The normalized spacial score (nSPS) is 18.1. The molecule has 1 amide bonds. The molecule has 0 saturated carbocycles. The fourth-order valence-electron chi connectivity index (χ4n) is 0.946. The van der Waals surface area contributed by atoms with Crippen molar-refractivity contribution >= 4 is 5.91 Å². The first-order valence-electron chi connectivity index (χ1n) is 4.04. The molecule has 3 nitrogen and oxygen atoms in total. The molecule has 0 unspecified atom stereocenters. The smallest absolute Gasteiger partial charge is 0.355 e. The fourth-order valence-corrected chi connectivity index (χ4v) is 0.946. The molecule has 0 bridgehead atoms. The van der Waals surface area contributed by atoms with Gasteiger partial charge >= 0.3 is 6.18 Å². The van der Waals surface area contributed by atoms with Gasteiger partial charge in [0.1, 0.15) is 0 Å². The summed E-state index contributed by atoms with van der Waals surface area (Å²) in [7, 11) is 0. The van der Waals surface area contributed by atoms with Crippen LogP contribution in [0.3, 0.4) is 0 Å². The van der Waals surface area contributed by atoms with E-state index in [1.165, 1.54) is 0 Å². The highest BCUT2D eigenvalue weighted by Gasteiger charge is 2.28. The zero-order chi connectivity index (χ0) is 9.90. The summed E-state index contributed by atoms with van der Waals surface area (Å²) in [6.45, 7) is 0.814. The maximum atomic E-state index is 11.6. The predicted octanol–water partition coefficient (Wildman–Crippen LogP) is 0.274. The van der Waals surface area contributed by atoms with Crippen molar-refractivity contribution in [3.05, 3.63) is 0 Å². The Morgan fingerprint density at radius 2 is 2.08 bits per heavy atom. The highest BCUT2D eigenvalue weighted by Crippen LogP contribution is 2.18. The number of carbonyl (C=O) groups is 1. The molecule has 6 heteroatoms. The highest BCUT2D eigenvalue weighted by molar-refractivity contribution is 5.79. The van der Waals surface area contributed by atoms with E-state index < -0.39 is 12.6 Å². The first kappa shape index (κ1) is 10.3.